The summed E-state index contributed by atoms with van der Waals surface area (Å²) in [6.45, 7) is 1.76. The van der Waals surface area contributed by atoms with E-state index in [0.717, 1.165) is 24.3 Å². The molecule has 2 aromatic heterocycles. The van der Waals surface area contributed by atoms with Crippen molar-refractivity contribution in [3.05, 3.63) is 71.7 Å². The van der Waals surface area contributed by atoms with Gasteiger partial charge in [-0.05, 0) is 30.2 Å². The van der Waals surface area contributed by atoms with Crippen LogP contribution in [0.1, 0.15) is 21.6 Å². The van der Waals surface area contributed by atoms with Gasteiger partial charge in [0.25, 0.3) is 5.91 Å². The Balaban J connectivity index is 1.56. The molecule has 0 spiro atoms. The van der Waals surface area contributed by atoms with Crippen LogP contribution in [-0.4, -0.2) is 47.7 Å². The third kappa shape index (κ3) is 4.38. The largest absolute Gasteiger partial charge is 0.475 e. The van der Waals surface area contributed by atoms with Crippen LogP contribution in [0.2, 0.25) is 0 Å². The maximum absolute atomic E-state index is 12.8. The van der Waals surface area contributed by atoms with E-state index in [2.05, 4.69) is 26.3 Å². The fraction of sp³-hybridized carbons (Fsp3) is 0.273. The summed E-state index contributed by atoms with van der Waals surface area (Å²) in [5.41, 5.74) is 3.37. The molecular weight excluding hydrogens is 382 g/mol. The van der Waals surface area contributed by atoms with Gasteiger partial charge in [-0.2, -0.15) is 4.98 Å². The Hall–Kier alpha value is -3.52. The van der Waals surface area contributed by atoms with E-state index in [0.29, 0.717) is 19.1 Å². The Morgan fingerprint density at radius 2 is 2.00 bits per heavy atom. The summed E-state index contributed by atoms with van der Waals surface area (Å²) >= 11 is 0. The minimum Gasteiger partial charge on any atom is -0.475 e. The van der Waals surface area contributed by atoms with Crippen LogP contribution in [0.3, 0.4) is 0 Å². The van der Waals surface area contributed by atoms with Crippen LogP contribution in [-0.2, 0) is 17.7 Å². The zero-order chi connectivity index (χ0) is 20.8. The second-order valence-corrected chi connectivity index (χ2v) is 6.76. The smallest absolute Gasteiger partial charge is 0.258 e. The van der Waals surface area contributed by atoms with Crippen LogP contribution in [0, 0.1) is 0 Å². The molecule has 0 aliphatic carbocycles. The number of carbonyl (C=O) groups is 1. The van der Waals surface area contributed by atoms with Crippen molar-refractivity contribution in [3.8, 4) is 5.88 Å². The van der Waals surface area contributed by atoms with E-state index in [-0.39, 0.29) is 24.0 Å². The molecule has 3 heterocycles. The lowest BCUT2D eigenvalue weighted by molar-refractivity contribution is 0.0940. The molecule has 0 bridgehead atoms. The number of methoxy groups -OCH3 is 1. The first-order valence-electron chi connectivity index (χ1n) is 9.78. The monoisotopic (exact) mass is 405 g/mol. The normalized spacial score (nSPS) is 12.5. The zero-order valence-electron chi connectivity index (χ0n) is 16.7. The molecule has 154 valence electrons. The molecule has 1 amide bonds. The van der Waals surface area contributed by atoms with Gasteiger partial charge in [0.15, 0.2) is 0 Å². The number of para-hydroxylation sites is 1. The lowest BCUT2D eigenvalue weighted by Gasteiger charge is -2.19. The van der Waals surface area contributed by atoms with Crippen LogP contribution in [0.15, 0.2) is 54.9 Å². The molecule has 1 aliphatic heterocycles. The van der Waals surface area contributed by atoms with E-state index in [1.54, 1.807) is 13.3 Å². The minimum absolute atomic E-state index is 0.236. The Labute approximate surface area is 174 Å². The highest BCUT2D eigenvalue weighted by atomic mass is 16.5. The van der Waals surface area contributed by atoms with Gasteiger partial charge in [-0.15, -0.1) is 0 Å². The van der Waals surface area contributed by atoms with Gasteiger partial charge in [-0.25, -0.2) is 4.98 Å². The van der Waals surface area contributed by atoms with Gasteiger partial charge < -0.3 is 19.7 Å². The molecule has 0 fully saturated rings. The van der Waals surface area contributed by atoms with E-state index in [1.807, 2.05) is 41.3 Å². The molecule has 8 nitrogen and oxygen atoms in total. The molecule has 3 aromatic rings. The van der Waals surface area contributed by atoms with Crippen LogP contribution in [0.5, 0.6) is 5.88 Å². The highest BCUT2D eigenvalue weighted by molar-refractivity contribution is 5.96. The maximum Gasteiger partial charge on any atom is 0.258 e. The van der Waals surface area contributed by atoms with Crippen molar-refractivity contribution in [3.63, 3.8) is 0 Å². The molecule has 1 aliphatic rings. The van der Waals surface area contributed by atoms with E-state index >= 15 is 0 Å². The predicted octanol–water partition coefficient (Wildman–Crippen LogP) is 2.52. The number of aromatic nitrogens is 3. The van der Waals surface area contributed by atoms with Crippen molar-refractivity contribution in [2.45, 2.75) is 13.0 Å². The number of amides is 1. The number of pyridine rings is 1. The molecular formula is C22H23N5O3. The number of nitrogens with zero attached hydrogens (tertiary/aromatic N) is 4. The molecule has 0 atom stereocenters. The number of fused-ring (bicyclic) bond motifs is 1. The lowest BCUT2D eigenvalue weighted by Crippen LogP contribution is -2.26. The van der Waals surface area contributed by atoms with Crippen molar-refractivity contribution in [1.82, 2.24) is 20.3 Å². The SMILES string of the molecule is COCCOc1nc(N2CCc3ccccc32)ncc1C(=O)NCc1ccccn1. The fourth-order valence-electron chi connectivity index (χ4n) is 3.29. The number of nitrogens with one attached hydrogen (secondary N) is 1. The maximum atomic E-state index is 12.8. The second-order valence-electron chi connectivity index (χ2n) is 6.76. The molecule has 30 heavy (non-hydrogen) atoms. The standard InChI is InChI=1S/C22H23N5O3/c1-29-12-13-30-21-18(20(28)24-14-17-7-4-5-10-23-17)15-25-22(26-21)27-11-9-16-6-2-3-8-19(16)27/h2-8,10,15H,9,11-14H2,1H3,(H,24,28). The number of benzene rings is 1. The van der Waals surface area contributed by atoms with Crippen molar-refractivity contribution in [2.75, 3.05) is 31.8 Å². The Kier molecular flexibility index (Phi) is 6.14. The topological polar surface area (TPSA) is 89.5 Å². The summed E-state index contributed by atoms with van der Waals surface area (Å²) in [7, 11) is 1.59. The number of anilines is 2. The third-order valence-corrected chi connectivity index (χ3v) is 4.80. The van der Waals surface area contributed by atoms with Gasteiger partial charge in [0.2, 0.25) is 11.8 Å². The Morgan fingerprint density at radius 3 is 2.83 bits per heavy atom. The molecule has 8 heteroatoms. The molecule has 0 unspecified atom stereocenters. The molecule has 0 radical (unpaired) electrons. The van der Waals surface area contributed by atoms with Crippen molar-refractivity contribution < 1.29 is 14.3 Å². The third-order valence-electron chi connectivity index (χ3n) is 4.80. The Bertz CT molecular complexity index is 1010. The van der Waals surface area contributed by atoms with Gasteiger partial charge >= 0.3 is 0 Å². The molecule has 0 saturated heterocycles. The van der Waals surface area contributed by atoms with E-state index < -0.39 is 0 Å². The highest BCUT2D eigenvalue weighted by Crippen LogP contribution is 2.33. The van der Waals surface area contributed by atoms with Crippen molar-refractivity contribution >= 4 is 17.5 Å². The summed E-state index contributed by atoms with van der Waals surface area (Å²) in [6, 6.07) is 13.7. The van der Waals surface area contributed by atoms with E-state index in [9.17, 15) is 4.79 Å². The fourth-order valence-corrected chi connectivity index (χ4v) is 3.29. The van der Waals surface area contributed by atoms with Crippen LogP contribution in [0.25, 0.3) is 0 Å². The lowest BCUT2D eigenvalue weighted by atomic mass is 10.2. The molecule has 1 N–H and O–H groups in total. The number of hydrogen-bond donors (Lipinski definition) is 1. The van der Waals surface area contributed by atoms with Gasteiger partial charge in [-0.3, -0.25) is 9.78 Å². The highest BCUT2D eigenvalue weighted by Gasteiger charge is 2.24. The molecule has 1 aromatic carbocycles. The number of hydrogen-bond acceptors (Lipinski definition) is 7. The predicted molar refractivity (Wildman–Crippen MR) is 112 cm³/mol. The minimum atomic E-state index is -0.318. The number of ether oxygens (including phenoxy) is 2. The average Bonchev–Trinajstić information content (AvgIpc) is 3.22. The van der Waals surface area contributed by atoms with E-state index in [1.165, 1.54) is 11.8 Å². The summed E-state index contributed by atoms with van der Waals surface area (Å²) in [5, 5.41) is 2.84. The van der Waals surface area contributed by atoms with Crippen molar-refractivity contribution in [2.24, 2.45) is 0 Å². The summed E-state index contributed by atoms with van der Waals surface area (Å²) in [6.07, 6.45) is 4.12. The van der Waals surface area contributed by atoms with Gasteiger partial charge in [-0.1, -0.05) is 24.3 Å². The second kappa shape index (κ2) is 9.32. The number of rotatable bonds is 8. The van der Waals surface area contributed by atoms with Crippen LogP contribution < -0.4 is 15.0 Å². The first kappa shape index (κ1) is 19.8. The van der Waals surface area contributed by atoms with Crippen LogP contribution in [0.4, 0.5) is 11.6 Å². The summed E-state index contributed by atoms with van der Waals surface area (Å²) < 4.78 is 10.8. The number of carbonyl (C=O) groups excluding carboxylic acids is 1. The summed E-state index contributed by atoms with van der Waals surface area (Å²) in [5.74, 6) is 0.426. The summed E-state index contributed by atoms with van der Waals surface area (Å²) in [4.78, 5) is 28.0. The first-order chi connectivity index (χ1) is 14.8. The van der Waals surface area contributed by atoms with Crippen LogP contribution >= 0.6 is 0 Å². The average molecular weight is 405 g/mol. The quantitative estimate of drug-likeness (QED) is 0.576. The van der Waals surface area contributed by atoms with Gasteiger partial charge in [0.1, 0.15) is 12.2 Å². The van der Waals surface area contributed by atoms with Gasteiger partial charge in [0, 0.05) is 31.7 Å². The van der Waals surface area contributed by atoms with Crippen molar-refractivity contribution in [1.29, 1.82) is 0 Å². The zero-order valence-corrected chi connectivity index (χ0v) is 16.7. The molecule has 4 rings (SSSR count). The van der Waals surface area contributed by atoms with Gasteiger partial charge in [0.05, 0.1) is 18.8 Å². The Morgan fingerprint density at radius 1 is 1.13 bits per heavy atom. The van der Waals surface area contributed by atoms with E-state index in [4.69, 9.17) is 9.47 Å². The first-order valence-corrected chi connectivity index (χ1v) is 9.78. The molecule has 0 saturated carbocycles.